The van der Waals surface area contributed by atoms with E-state index in [1.165, 1.54) is 24.8 Å². The largest absolute Gasteiger partial charge is 0.480 e. The van der Waals surface area contributed by atoms with Crippen LogP contribution in [-0.2, 0) is 14.3 Å². The standard InChI is InChI=1S/C15H22F3N3O5/c1-4-7-26-13(25)21-6-5-20(14(2,3)12(23)24)8-10(21)11(22)19-9-15(16,17)18/h4,10H,1,5-9H2,2-3H3,(H,19,22)(H,23,24). The highest BCUT2D eigenvalue weighted by atomic mass is 19.4. The number of carbonyl (C=O) groups is 3. The lowest BCUT2D eigenvalue weighted by atomic mass is 9.99. The van der Waals surface area contributed by atoms with Crippen molar-refractivity contribution in [3.63, 3.8) is 0 Å². The van der Waals surface area contributed by atoms with Crippen LogP contribution in [0.2, 0.25) is 0 Å². The maximum absolute atomic E-state index is 12.4. The molecule has 1 saturated heterocycles. The Kier molecular flexibility index (Phi) is 7.01. The Morgan fingerprint density at radius 2 is 1.92 bits per heavy atom. The molecule has 2 amide bonds. The number of carboxylic acids is 1. The monoisotopic (exact) mass is 381 g/mol. The van der Waals surface area contributed by atoms with Crippen molar-refractivity contribution in [2.75, 3.05) is 32.8 Å². The summed E-state index contributed by atoms with van der Waals surface area (Å²) in [4.78, 5) is 38.1. The van der Waals surface area contributed by atoms with E-state index in [1.54, 1.807) is 5.32 Å². The van der Waals surface area contributed by atoms with Crippen molar-refractivity contribution in [2.24, 2.45) is 0 Å². The number of aliphatic carboxylic acids is 1. The number of hydrogen-bond acceptors (Lipinski definition) is 5. The Labute approximate surface area is 148 Å². The van der Waals surface area contributed by atoms with Crippen LogP contribution in [0.3, 0.4) is 0 Å². The van der Waals surface area contributed by atoms with Crippen LogP contribution in [-0.4, -0.2) is 83.4 Å². The van der Waals surface area contributed by atoms with Gasteiger partial charge in [0.25, 0.3) is 0 Å². The topological polar surface area (TPSA) is 99.2 Å². The van der Waals surface area contributed by atoms with Gasteiger partial charge in [0, 0.05) is 19.6 Å². The normalized spacial score (nSPS) is 19.0. The van der Waals surface area contributed by atoms with Gasteiger partial charge in [0.05, 0.1) is 0 Å². The van der Waals surface area contributed by atoms with E-state index in [0.717, 1.165) is 4.90 Å². The zero-order chi connectivity index (χ0) is 20.1. The van der Waals surface area contributed by atoms with Crippen LogP contribution < -0.4 is 5.32 Å². The van der Waals surface area contributed by atoms with E-state index in [0.29, 0.717) is 0 Å². The Morgan fingerprint density at radius 3 is 2.42 bits per heavy atom. The molecule has 0 bridgehead atoms. The maximum Gasteiger partial charge on any atom is 0.410 e. The minimum absolute atomic E-state index is 0.0726. The van der Waals surface area contributed by atoms with Crippen LogP contribution >= 0.6 is 0 Å². The summed E-state index contributed by atoms with van der Waals surface area (Å²) >= 11 is 0. The van der Waals surface area contributed by atoms with E-state index in [-0.39, 0.29) is 26.2 Å². The molecule has 0 aromatic carbocycles. The van der Waals surface area contributed by atoms with Gasteiger partial charge in [0.15, 0.2) is 0 Å². The summed E-state index contributed by atoms with van der Waals surface area (Å²) < 4.78 is 41.9. The van der Waals surface area contributed by atoms with E-state index >= 15 is 0 Å². The second kappa shape index (κ2) is 8.39. The number of carboxylic acid groups (broad SMARTS) is 1. The molecule has 1 aliphatic rings. The van der Waals surface area contributed by atoms with Crippen molar-refractivity contribution < 1.29 is 37.4 Å². The summed E-state index contributed by atoms with van der Waals surface area (Å²) in [5.74, 6) is -2.20. The molecule has 0 spiro atoms. The predicted octanol–water partition coefficient (Wildman–Crippen LogP) is 0.837. The Bertz CT molecular complexity index is 565. The van der Waals surface area contributed by atoms with Crippen molar-refractivity contribution >= 4 is 18.0 Å². The molecule has 11 heteroatoms. The molecule has 0 radical (unpaired) electrons. The number of nitrogens with one attached hydrogen (secondary N) is 1. The highest BCUT2D eigenvalue weighted by Crippen LogP contribution is 2.22. The number of ether oxygens (including phenoxy) is 1. The van der Waals surface area contributed by atoms with E-state index in [4.69, 9.17) is 4.74 Å². The van der Waals surface area contributed by atoms with Crippen molar-refractivity contribution in [2.45, 2.75) is 31.6 Å². The Morgan fingerprint density at radius 1 is 1.31 bits per heavy atom. The van der Waals surface area contributed by atoms with Crippen molar-refractivity contribution in [3.05, 3.63) is 12.7 Å². The second-order valence-corrected chi connectivity index (χ2v) is 6.22. The summed E-state index contributed by atoms with van der Waals surface area (Å²) in [6, 6.07) is -1.32. The summed E-state index contributed by atoms with van der Waals surface area (Å²) in [6.07, 6.45) is -4.19. The fraction of sp³-hybridized carbons (Fsp3) is 0.667. The minimum atomic E-state index is -4.61. The van der Waals surface area contributed by atoms with E-state index in [9.17, 15) is 32.7 Å². The van der Waals surface area contributed by atoms with Gasteiger partial charge in [0.1, 0.15) is 24.7 Å². The summed E-state index contributed by atoms with van der Waals surface area (Å²) in [6.45, 7) is 4.31. The first-order valence-corrected chi connectivity index (χ1v) is 7.77. The Hall–Kier alpha value is -2.30. The number of amides is 2. The fourth-order valence-electron chi connectivity index (χ4n) is 2.39. The third-order valence-corrected chi connectivity index (χ3v) is 4.02. The smallest absolute Gasteiger partial charge is 0.410 e. The molecular weight excluding hydrogens is 359 g/mol. The first-order valence-electron chi connectivity index (χ1n) is 7.77. The highest BCUT2D eigenvalue weighted by Gasteiger charge is 2.44. The molecule has 1 aliphatic heterocycles. The molecule has 2 N–H and O–H groups in total. The van der Waals surface area contributed by atoms with Crippen molar-refractivity contribution in [3.8, 4) is 0 Å². The molecule has 1 unspecified atom stereocenters. The van der Waals surface area contributed by atoms with Gasteiger partial charge in [-0.1, -0.05) is 12.7 Å². The van der Waals surface area contributed by atoms with Crippen LogP contribution in [0.4, 0.5) is 18.0 Å². The number of hydrogen-bond donors (Lipinski definition) is 2. The molecule has 0 aromatic heterocycles. The average Bonchev–Trinajstić information content (AvgIpc) is 2.56. The van der Waals surface area contributed by atoms with Gasteiger partial charge in [-0.25, -0.2) is 4.79 Å². The predicted molar refractivity (Wildman–Crippen MR) is 84.4 cm³/mol. The molecule has 1 heterocycles. The van der Waals surface area contributed by atoms with Crippen LogP contribution in [0, 0.1) is 0 Å². The van der Waals surface area contributed by atoms with E-state index in [1.807, 2.05) is 0 Å². The number of nitrogens with zero attached hydrogens (tertiary/aromatic N) is 2. The van der Waals surface area contributed by atoms with Crippen molar-refractivity contribution in [1.29, 1.82) is 0 Å². The molecule has 1 fully saturated rings. The SMILES string of the molecule is C=CCOC(=O)N1CCN(C(C)(C)C(=O)O)CC1C(=O)NCC(F)(F)F. The van der Waals surface area contributed by atoms with Crippen molar-refractivity contribution in [1.82, 2.24) is 15.1 Å². The molecule has 26 heavy (non-hydrogen) atoms. The molecule has 8 nitrogen and oxygen atoms in total. The second-order valence-electron chi connectivity index (χ2n) is 6.22. The van der Waals surface area contributed by atoms with Gasteiger partial charge in [-0.15, -0.1) is 0 Å². The van der Waals surface area contributed by atoms with Gasteiger partial charge in [-0.2, -0.15) is 13.2 Å². The van der Waals surface area contributed by atoms with E-state index < -0.39 is 42.3 Å². The molecule has 0 saturated carbocycles. The van der Waals surface area contributed by atoms with Gasteiger partial charge >= 0.3 is 18.2 Å². The molecule has 148 valence electrons. The zero-order valence-corrected chi connectivity index (χ0v) is 14.5. The lowest BCUT2D eigenvalue weighted by Crippen LogP contribution is -2.66. The fourth-order valence-corrected chi connectivity index (χ4v) is 2.39. The van der Waals surface area contributed by atoms with Gasteiger partial charge in [-0.05, 0) is 13.8 Å². The number of rotatable bonds is 6. The van der Waals surface area contributed by atoms with Gasteiger partial charge < -0.3 is 15.2 Å². The summed E-state index contributed by atoms with van der Waals surface area (Å²) in [5.41, 5.74) is -1.36. The number of piperazine rings is 1. The summed E-state index contributed by atoms with van der Waals surface area (Å²) in [7, 11) is 0. The Balaban J connectivity index is 2.98. The molecule has 0 aromatic rings. The average molecular weight is 381 g/mol. The molecule has 1 rings (SSSR count). The first kappa shape index (κ1) is 21.7. The first-order chi connectivity index (χ1) is 11.9. The third-order valence-electron chi connectivity index (χ3n) is 4.02. The highest BCUT2D eigenvalue weighted by molar-refractivity contribution is 5.86. The minimum Gasteiger partial charge on any atom is -0.480 e. The molecule has 0 aliphatic carbocycles. The molecule has 1 atom stereocenters. The maximum atomic E-state index is 12.4. The van der Waals surface area contributed by atoms with Crippen LogP contribution in [0.1, 0.15) is 13.8 Å². The quantitative estimate of drug-likeness (QED) is 0.662. The lowest BCUT2D eigenvalue weighted by molar-refractivity contribution is -0.153. The lowest BCUT2D eigenvalue weighted by Gasteiger charge is -2.44. The molecular formula is C15H22F3N3O5. The van der Waals surface area contributed by atoms with Crippen LogP contribution in [0.25, 0.3) is 0 Å². The van der Waals surface area contributed by atoms with Gasteiger partial charge in [-0.3, -0.25) is 19.4 Å². The third kappa shape index (κ3) is 5.61. The van der Waals surface area contributed by atoms with Crippen LogP contribution in [0.5, 0.6) is 0 Å². The van der Waals surface area contributed by atoms with Crippen LogP contribution in [0.15, 0.2) is 12.7 Å². The number of halogens is 3. The van der Waals surface area contributed by atoms with Gasteiger partial charge in [0.2, 0.25) is 5.91 Å². The summed E-state index contributed by atoms with van der Waals surface area (Å²) in [5, 5.41) is 11.0. The number of carbonyl (C=O) groups excluding carboxylic acids is 2. The number of alkyl halides is 3. The zero-order valence-electron chi connectivity index (χ0n) is 14.5. The van der Waals surface area contributed by atoms with E-state index in [2.05, 4.69) is 6.58 Å².